The number of aryl methyl sites for hydroxylation is 3. The van der Waals surface area contributed by atoms with Gasteiger partial charge in [0.2, 0.25) is 0 Å². The molecule has 2 N–H and O–H groups in total. The number of halogens is 1. The number of nitrogen functional groups attached to an aromatic ring is 1. The maximum absolute atomic E-state index is 12.5. The van der Waals surface area contributed by atoms with Crippen LogP contribution in [-0.4, -0.2) is 18.2 Å². The summed E-state index contributed by atoms with van der Waals surface area (Å²) in [5.41, 5.74) is 8.30. The van der Waals surface area contributed by atoms with Crippen LogP contribution >= 0.6 is 15.9 Å². The molecule has 2 rings (SSSR count). The highest BCUT2D eigenvalue weighted by Crippen LogP contribution is 2.27. The molecule has 0 aliphatic carbocycles. The monoisotopic (exact) mass is 357 g/mol. The number of nitrogens with zero attached hydrogens (tertiary/aromatic N) is 2. The summed E-state index contributed by atoms with van der Waals surface area (Å²) in [5, 5.41) is 4.20. The van der Waals surface area contributed by atoms with Gasteiger partial charge in [0, 0.05) is 7.05 Å². The molecule has 0 aliphatic rings. The molecule has 2 aromatic rings. The normalized spacial score (nSPS) is 11.8. The third-order valence-electron chi connectivity index (χ3n) is 3.09. The molecule has 0 amide bonds. The van der Waals surface area contributed by atoms with E-state index >= 15 is 0 Å². The van der Waals surface area contributed by atoms with Crippen molar-refractivity contribution >= 4 is 31.5 Å². The average molecular weight is 358 g/mol. The zero-order chi connectivity index (χ0) is 15.1. The van der Waals surface area contributed by atoms with E-state index in [1.54, 1.807) is 29.9 Å². The summed E-state index contributed by atoms with van der Waals surface area (Å²) in [5.74, 6) is -0.140. The average Bonchev–Trinajstić information content (AvgIpc) is 2.59. The van der Waals surface area contributed by atoms with E-state index in [1.165, 1.54) is 0 Å². The molecule has 0 saturated carbocycles. The van der Waals surface area contributed by atoms with Crippen molar-refractivity contribution in [2.75, 3.05) is 5.73 Å². The molecule has 7 heteroatoms. The first kappa shape index (κ1) is 15.1. The Bertz CT molecular complexity index is 766. The lowest BCUT2D eigenvalue weighted by Crippen LogP contribution is -2.11. The molecule has 20 heavy (non-hydrogen) atoms. The number of anilines is 1. The molecule has 0 fully saturated rings. The quantitative estimate of drug-likeness (QED) is 0.855. The van der Waals surface area contributed by atoms with Crippen LogP contribution in [0.25, 0.3) is 0 Å². The minimum absolute atomic E-state index is 0.140. The molecule has 5 nitrogen and oxygen atoms in total. The Kier molecular flexibility index (Phi) is 3.93. The SMILES string of the molecule is Cc1ccc(N)c(S(=O)(=O)Cc2c(Br)c(C)nn2C)c1. The van der Waals surface area contributed by atoms with E-state index in [0.29, 0.717) is 5.69 Å². The van der Waals surface area contributed by atoms with Gasteiger partial charge >= 0.3 is 0 Å². The second-order valence-corrected chi connectivity index (χ2v) is 7.52. The summed E-state index contributed by atoms with van der Waals surface area (Å²) in [6, 6.07) is 5.01. The van der Waals surface area contributed by atoms with Gasteiger partial charge in [0.05, 0.1) is 32.2 Å². The molecule has 0 aliphatic heterocycles. The first-order valence-corrected chi connectivity index (χ1v) is 8.44. The summed E-state index contributed by atoms with van der Waals surface area (Å²) in [6.45, 7) is 3.66. The van der Waals surface area contributed by atoms with Crippen LogP contribution in [0.4, 0.5) is 5.69 Å². The summed E-state index contributed by atoms with van der Waals surface area (Å²) in [6.07, 6.45) is 0. The zero-order valence-corrected chi connectivity index (χ0v) is 13.9. The molecule has 1 aromatic heterocycles. The molecular weight excluding hydrogens is 342 g/mol. The van der Waals surface area contributed by atoms with Crippen LogP contribution in [0, 0.1) is 13.8 Å². The maximum Gasteiger partial charge on any atom is 0.186 e. The van der Waals surface area contributed by atoms with E-state index in [0.717, 1.165) is 15.7 Å². The molecule has 1 aromatic carbocycles. The Morgan fingerprint density at radius 1 is 1.35 bits per heavy atom. The third kappa shape index (κ3) is 2.73. The largest absolute Gasteiger partial charge is 0.398 e. The van der Waals surface area contributed by atoms with Gasteiger partial charge in [-0.15, -0.1) is 0 Å². The van der Waals surface area contributed by atoms with Gasteiger partial charge in [-0.05, 0) is 47.5 Å². The fourth-order valence-corrected chi connectivity index (χ4v) is 4.31. The number of rotatable bonds is 3. The van der Waals surface area contributed by atoms with Gasteiger partial charge in [-0.25, -0.2) is 8.42 Å². The number of nitrogens with two attached hydrogens (primary N) is 1. The molecule has 0 saturated heterocycles. The lowest BCUT2D eigenvalue weighted by Gasteiger charge is -2.09. The fourth-order valence-electron chi connectivity index (χ4n) is 2.01. The minimum atomic E-state index is -3.51. The van der Waals surface area contributed by atoms with Gasteiger partial charge in [-0.1, -0.05) is 6.07 Å². The van der Waals surface area contributed by atoms with Crippen LogP contribution in [0.3, 0.4) is 0 Å². The van der Waals surface area contributed by atoms with Crippen LogP contribution in [0.15, 0.2) is 27.6 Å². The van der Waals surface area contributed by atoms with E-state index in [4.69, 9.17) is 5.73 Å². The molecule has 1 heterocycles. The van der Waals surface area contributed by atoms with E-state index in [-0.39, 0.29) is 16.3 Å². The van der Waals surface area contributed by atoms with E-state index in [1.807, 2.05) is 13.8 Å². The van der Waals surface area contributed by atoms with Gasteiger partial charge in [-0.2, -0.15) is 5.10 Å². The number of hydrogen-bond acceptors (Lipinski definition) is 4. The van der Waals surface area contributed by atoms with Crippen molar-refractivity contribution in [3.05, 3.63) is 39.6 Å². The Labute approximate surface area is 126 Å². The van der Waals surface area contributed by atoms with Gasteiger partial charge in [-0.3, -0.25) is 4.68 Å². The summed E-state index contributed by atoms with van der Waals surface area (Å²) in [4.78, 5) is 0.170. The van der Waals surface area contributed by atoms with Crippen molar-refractivity contribution in [3.63, 3.8) is 0 Å². The maximum atomic E-state index is 12.5. The standard InChI is InChI=1S/C13H16BrN3O2S/c1-8-4-5-10(15)12(6-8)20(18,19)7-11-13(14)9(2)16-17(11)3/h4-6H,7,15H2,1-3H3. The van der Waals surface area contributed by atoms with Gasteiger partial charge in [0.15, 0.2) is 9.84 Å². The smallest absolute Gasteiger partial charge is 0.186 e. The van der Waals surface area contributed by atoms with Crippen LogP contribution in [0.2, 0.25) is 0 Å². The minimum Gasteiger partial charge on any atom is -0.398 e. The van der Waals surface area contributed by atoms with Crippen molar-refractivity contribution in [3.8, 4) is 0 Å². The Morgan fingerprint density at radius 2 is 2.00 bits per heavy atom. The predicted molar refractivity (Wildman–Crippen MR) is 82.1 cm³/mol. The zero-order valence-electron chi connectivity index (χ0n) is 11.5. The van der Waals surface area contributed by atoms with Crippen molar-refractivity contribution in [1.82, 2.24) is 9.78 Å². The number of sulfone groups is 1. The second kappa shape index (κ2) is 5.21. The Morgan fingerprint density at radius 3 is 2.55 bits per heavy atom. The first-order valence-electron chi connectivity index (χ1n) is 5.99. The fraction of sp³-hybridized carbons (Fsp3) is 0.308. The Hall–Kier alpha value is -1.34. The van der Waals surface area contributed by atoms with Crippen molar-refractivity contribution in [2.24, 2.45) is 7.05 Å². The van der Waals surface area contributed by atoms with Crippen LogP contribution in [0.1, 0.15) is 17.0 Å². The van der Waals surface area contributed by atoms with E-state index < -0.39 is 9.84 Å². The number of benzene rings is 1. The molecule has 0 radical (unpaired) electrons. The highest BCUT2D eigenvalue weighted by molar-refractivity contribution is 9.10. The molecule has 0 bridgehead atoms. The molecular formula is C13H16BrN3O2S. The molecule has 0 atom stereocenters. The van der Waals surface area contributed by atoms with E-state index in [9.17, 15) is 8.42 Å². The van der Waals surface area contributed by atoms with Gasteiger partial charge in [0.25, 0.3) is 0 Å². The third-order valence-corrected chi connectivity index (χ3v) is 5.80. The van der Waals surface area contributed by atoms with Crippen molar-refractivity contribution < 1.29 is 8.42 Å². The highest BCUT2D eigenvalue weighted by atomic mass is 79.9. The van der Waals surface area contributed by atoms with Crippen molar-refractivity contribution in [2.45, 2.75) is 24.5 Å². The van der Waals surface area contributed by atoms with Crippen LogP contribution in [0.5, 0.6) is 0 Å². The van der Waals surface area contributed by atoms with Gasteiger partial charge in [0.1, 0.15) is 0 Å². The lowest BCUT2D eigenvalue weighted by molar-refractivity contribution is 0.592. The molecule has 0 spiro atoms. The van der Waals surface area contributed by atoms with Gasteiger partial charge < -0.3 is 5.73 Å². The van der Waals surface area contributed by atoms with Crippen LogP contribution < -0.4 is 5.73 Å². The van der Waals surface area contributed by atoms with E-state index in [2.05, 4.69) is 21.0 Å². The highest BCUT2D eigenvalue weighted by Gasteiger charge is 2.23. The number of hydrogen-bond donors (Lipinski definition) is 1. The first-order chi connectivity index (χ1) is 9.22. The Balaban J connectivity index is 2.49. The summed E-state index contributed by atoms with van der Waals surface area (Å²) < 4.78 is 27.4. The summed E-state index contributed by atoms with van der Waals surface area (Å²) >= 11 is 3.38. The summed E-state index contributed by atoms with van der Waals surface area (Å²) in [7, 11) is -1.79. The molecule has 108 valence electrons. The second-order valence-electron chi connectivity index (χ2n) is 4.77. The number of aromatic nitrogens is 2. The lowest BCUT2D eigenvalue weighted by atomic mass is 10.2. The van der Waals surface area contributed by atoms with Crippen molar-refractivity contribution in [1.29, 1.82) is 0 Å². The topological polar surface area (TPSA) is 78.0 Å². The van der Waals surface area contributed by atoms with Crippen LogP contribution in [-0.2, 0) is 22.6 Å². The predicted octanol–water partition coefficient (Wildman–Crippen LogP) is 2.36. The molecule has 0 unspecified atom stereocenters.